The lowest BCUT2D eigenvalue weighted by molar-refractivity contribution is -0.0450. The molecule has 6 heteroatoms. The van der Waals surface area contributed by atoms with Crippen molar-refractivity contribution in [2.24, 2.45) is 11.7 Å². The first-order valence-electron chi connectivity index (χ1n) is 7.47. The molecule has 0 amide bonds. The van der Waals surface area contributed by atoms with Gasteiger partial charge in [0.25, 0.3) is 0 Å². The topological polar surface area (TPSA) is 77.4 Å². The molecule has 1 saturated heterocycles. The summed E-state index contributed by atoms with van der Waals surface area (Å²) in [6, 6.07) is 0.293. The van der Waals surface area contributed by atoms with Gasteiger partial charge in [0.1, 0.15) is 6.10 Å². The average Bonchev–Trinajstić information content (AvgIpc) is 2.95. The normalized spacial score (nSPS) is 24.0. The second-order valence-electron chi connectivity index (χ2n) is 5.85. The van der Waals surface area contributed by atoms with Crippen LogP contribution in [0, 0.1) is 5.92 Å². The first-order valence-corrected chi connectivity index (χ1v) is 7.47. The highest BCUT2D eigenvalue weighted by Gasteiger charge is 2.29. The molecule has 6 nitrogen and oxygen atoms in total. The van der Waals surface area contributed by atoms with Crippen LogP contribution < -0.4 is 5.73 Å². The summed E-state index contributed by atoms with van der Waals surface area (Å²) in [4.78, 5) is 6.80. The molecule has 1 unspecified atom stereocenters. The van der Waals surface area contributed by atoms with Crippen molar-refractivity contribution < 1.29 is 9.26 Å². The van der Waals surface area contributed by atoms with Crippen molar-refractivity contribution in [1.29, 1.82) is 0 Å². The van der Waals surface area contributed by atoms with Gasteiger partial charge in [-0.15, -0.1) is 0 Å². The Labute approximate surface area is 120 Å². The molecule has 0 saturated carbocycles. The SMILES string of the molecule is CC[C@H](C)[C@H](N)c1nc(C2CN(C(C)C)CCO2)no1. The van der Waals surface area contributed by atoms with Crippen molar-refractivity contribution in [3.05, 3.63) is 11.7 Å². The summed E-state index contributed by atoms with van der Waals surface area (Å²) < 4.78 is 11.1. The van der Waals surface area contributed by atoms with Crippen molar-refractivity contribution >= 4 is 0 Å². The summed E-state index contributed by atoms with van der Waals surface area (Å²) in [5, 5.41) is 4.05. The van der Waals surface area contributed by atoms with Crippen molar-refractivity contribution in [2.75, 3.05) is 19.7 Å². The molecule has 0 bridgehead atoms. The third-order valence-electron chi connectivity index (χ3n) is 4.12. The van der Waals surface area contributed by atoms with Crippen LogP contribution in [0.1, 0.15) is 58.0 Å². The summed E-state index contributed by atoms with van der Waals surface area (Å²) in [5.41, 5.74) is 6.12. The summed E-state index contributed by atoms with van der Waals surface area (Å²) >= 11 is 0. The molecule has 1 aromatic heterocycles. The molecule has 0 spiro atoms. The molecule has 20 heavy (non-hydrogen) atoms. The highest BCUT2D eigenvalue weighted by molar-refractivity contribution is 4.98. The van der Waals surface area contributed by atoms with Gasteiger partial charge in [-0.3, -0.25) is 4.90 Å². The fourth-order valence-electron chi connectivity index (χ4n) is 2.31. The molecule has 1 aliphatic heterocycles. The van der Waals surface area contributed by atoms with Gasteiger partial charge in [0.2, 0.25) is 11.7 Å². The Morgan fingerprint density at radius 3 is 2.80 bits per heavy atom. The van der Waals surface area contributed by atoms with Gasteiger partial charge in [-0.25, -0.2) is 0 Å². The molecular weight excluding hydrogens is 256 g/mol. The van der Waals surface area contributed by atoms with Crippen LogP contribution >= 0.6 is 0 Å². The number of hydrogen-bond donors (Lipinski definition) is 1. The van der Waals surface area contributed by atoms with Gasteiger partial charge in [0.15, 0.2) is 0 Å². The number of rotatable bonds is 5. The fraction of sp³-hybridized carbons (Fsp3) is 0.857. The van der Waals surface area contributed by atoms with E-state index in [1.807, 2.05) is 0 Å². The van der Waals surface area contributed by atoms with Crippen LogP contribution in [-0.4, -0.2) is 40.8 Å². The van der Waals surface area contributed by atoms with E-state index in [1.165, 1.54) is 0 Å². The summed E-state index contributed by atoms with van der Waals surface area (Å²) in [6.07, 6.45) is 0.868. The number of nitrogens with zero attached hydrogens (tertiary/aromatic N) is 3. The van der Waals surface area contributed by atoms with Gasteiger partial charge in [0, 0.05) is 19.1 Å². The zero-order valence-corrected chi connectivity index (χ0v) is 12.9. The Morgan fingerprint density at radius 1 is 1.40 bits per heavy atom. The van der Waals surface area contributed by atoms with Crippen LogP contribution in [0.5, 0.6) is 0 Å². The van der Waals surface area contributed by atoms with Gasteiger partial charge in [-0.2, -0.15) is 4.98 Å². The third-order valence-corrected chi connectivity index (χ3v) is 4.12. The van der Waals surface area contributed by atoms with Gasteiger partial charge in [0.05, 0.1) is 12.6 Å². The molecule has 1 fully saturated rings. The Kier molecular flexibility index (Phi) is 5.12. The zero-order valence-electron chi connectivity index (χ0n) is 12.9. The summed E-state index contributed by atoms with van der Waals surface area (Å²) in [6.45, 7) is 11.0. The minimum absolute atomic E-state index is 0.118. The second-order valence-corrected chi connectivity index (χ2v) is 5.85. The first kappa shape index (κ1) is 15.4. The minimum atomic E-state index is -0.203. The number of nitrogens with two attached hydrogens (primary N) is 1. The third kappa shape index (κ3) is 3.37. The fourth-order valence-corrected chi connectivity index (χ4v) is 2.31. The quantitative estimate of drug-likeness (QED) is 0.888. The van der Waals surface area contributed by atoms with E-state index in [0.717, 1.165) is 19.5 Å². The summed E-state index contributed by atoms with van der Waals surface area (Å²) in [7, 11) is 0. The van der Waals surface area contributed by atoms with Crippen molar-refractivity contribution in [2.45, 2.75) is 52.3 Å². The summed E-state index contributed by atoms with van der Waals surface area (Å²) in [5.74, 6) is 1.45. The molecule has 1 aromatic rings. The van der Waals surface area contributed by atoms with E-state index in [2.05, 4.69) is 42.7 Å². The monoisotopic (exact) mass is 282 g/mol. The van der Waals surface area contributed by atoms with Crippen LogP contribution in [0.15, 0.2) is 4.52 Å². The zero-order chi connectivity index (χ0) is 14.7. The molecule has 0 aliphatic carbocycles. The standard InChI is InChI=1S/C14H26N4O2/c1-5-10(4)12(15)14-16-13(17-20-14)11-8-18(9(2)3)6-7-19-11/h9-12H,5-8,15H2,1-4H3/t10-,11?,12-/m0/s1. The second kappa shape index (κ2) is 6.65. The maximum atomic E-state index is 6.12. The van der Waals surface area contributed by atoms with Crippen LogP contribution in [0.4, 0.5) is 0 Å². The molecule has 2 heterocycles. The minimum Gasteiger partial charge on any atom is -0.367 e. The van der Waals surface area contributed by atoms with E-state index in [0.29, 0.717) is 30.3 Å². The molecule has 1 aliphatic rings. The number of aromatic nitrogens is 2. The van der Waals surface area contributed by atoms with Gasteiger partial charge < -0.3 is 15.0 Å². The van der Waals surface area contributed by atoms with E-state index in [4.69, 9.17) is 15.0 Å². The van der Waals surface area contributed by atoms with Crippen LogP contribution in [-0.2, 0) is 4.74 Å². The lowest BCUT2D eigenvalue weighted by atomic mass is 10.0. The lowest BCUT2D eigenvalue weighted by Gasteiger charge is -2.34. The van der Waals surface area contributed by atoms with Crippen molar-refractivity contribution in [3.8, 4) is 0 Å². The molecule has 3 atom stereocenters. The Bertz CT molecular complexity index is 421. The predicted octanol–water partition coefficient (Wildman–Crippen LogP) is 1.90. The highest BCUT2D eigenvalue weighted by Crippen LogP contribution is 2.25. The van der Waals surface area contributed by atoms with Crippen LogP contribution in [0.3, 0.4) is 0 Å². The molecular formula is C14H26N4O2. The van der Waals surface area contributed by atoms with Crippen LogP contribution in [0.2, 0.25) is 0 Å². The van der Waals surface area contributed by atoms with E-state index < -0.39 is 0 Å². The Morgan fingerprint density at radius 2 is 2.15 bits per heavy atom. The van der Waals surface area contributed by atoms with Gasteiger partial charge >= 0.3 is 0 Å². The highest BCUT2D eigenvalue weighted by atomic mass is 16.5. The van der Waals surface area contributed by atoms with Crippen molar-refractivity contribution in [3.63, 3.8) is 0 Å². The van der Waals surface area contributed by atoms with E-state index in [9.17, 15) is 0 Å². The predicted molar refractivity (Wildman–Crippen MR) is 76.1 cm³/mol. The van der Waals surface area contributed by atoms with Gasteiger partial charge in [-0.05, 0) is 19.8 Å². The Balaban J connectivity index is 2.04. The number of morpholine rings is 1. The van der Waals surface area contributed by atoms with Crippen LogP contribution in [0.25, 0.3) is 0 Å². The largest absolute Gasteiger partial charge is 0.367 e. The molecule has 2 N–H and O–H groups in total. The molecule has 0 radical (unpaired) electrons. The van der Waals surface area contributed by atoms with E-state index in [-0.39, 0.29) is 12.1 Å². The average molecular weight is 282 g/mol. The molecule has 0 aromatic carbocycles. The first-order chi connectivity index (χ1) is 9.52. The van der Waals surface area contributed by atoms with E-state index in [1.54, 1.807) is 0 Å². The smallest absolute Gasteiger partial charge is 0.243 e. The van der Waals surface area contributed by atoms with E-state index >= 15 is 0 Å². The molecule has 114 valence electrons. The van der Waals surface area contributed by atoms with Crippen molar-refractivity contribution in [1.82, 2.24) is 15.0 Å². The molecule has 2 rings (SSSR count). The maximum Gasteiger partial charge on any atom is 0.243 e. The maximum absolute atomic E-state index is 6.12. The number of hydrogen-bond acceptors (Lipinski definition) is 6. The van der Waals surface area contributed by atoms with Gasteiger partial charge in [-0.1, -0.05) is 25.4 Å². The lowest BCUT2D eigenvalue weighted by Crippen LogP contribution is -2.42. The number of ether oxygens (including phenoxy) is 1. The Hall–Kier alpha value is -0.980.